The molecule has 0 N–H and O–H groups in total. The Balaban J connectivity index is 1.62. The number of hydrogen-bond donors (Lipinski definition) is 0. The Morgan fingerprint density at radius 1 is 1.17 bits per heavy atom. The summed E-state index contributed by atoms with van der Waals surface area (Å²) >= 11 is 0. The van der Waals surface area contributed by atoms with Crippen LogP contribution in [0.4, 0.5) is 0 Å². The Bertz CT molecular complexity index is 629. The molecule has 1 aromatic rings. The van der Waals surface area contributed by atoms with E-state index in [0.717, 1.165) is 36.3 Å². The van der Waals surface area contributed by atoms with Crippen molar-refractivity contribution in [3.63, 3.8) is 0 Å². The Morgan fingerprint density at radius 2 is 1.92 bits per heavy atom. The van der Waals surface area contributed by atoms with Gasteiger partial charge >= 0.3 is 0 Å². The summed E-state index contributed by atoms with van der Waals surface area (Å²) in [7, 11) is 0. The van der Waals surface area contributed by atoms with Crippen LogP contribution in [0.25, 0.3) is 0 Å². The maximum absolute atomic E-state index is 12.6. The second-order valence-corrected chi connectivity index (χ2v) is 6.84. The normalized spacial score (nSPS) is 24.5. The van der Waals surface area contributed by atoms with Gasteiger partial charge in [0.2, 0.25) is 17.7 Å². The monoisotopic (exact) mass is 328 g/mol. The van der Waals surface area contributed by atoms with Gasteiger partial charge in [-0.1, -0.05) is 30.3 Å². The third kappa shape index (κ3) is 3.50. The van der Waals surface area contributed by atoms with Crippen LogP contribution in [0.3, 0.4) is 0 Å². The molecule has 2 atom stereocenters. The molecule has 5 nitrogen and oxygen atoms in total. The Hall–Kier alpha value is -2.17. The number of benzene rings is 1. The molecule has 24 heavy (non-hydrogen) atoms. The third-order valence-electron chi connectivity index (χ3n) is 5.08. The molecule has 0 bridgehead atoms. The van der Waals surface area contributed by atoms with E-state index in [0.29, 0.717) is 6.42 Å². The average Bonchev–Trinajstić information content (AvgIpc) is 2.83. The van der Waals surface area contributed by atoms with Gasteiger partial charge in [0.15, 0.2) is 0 Å². The molecule has 0 saturated carbocycles. The minimum absolute atomic E-state index is 0.104. The van der Waals surface area contributed by atoms with Gasteiger partial charge in [0.25, 0.3) is 0 Å². The summed E-state index contributed by atoms with van der Waals surface area (Å²) in [6, 6.07) is 9.89. The van der Waals surface area contributed by atoms with Crippen LogP contribution in [0.2, 0.25) is 0 Å². The lowest BCUT2D eigenvalue weighted by atomic mass is 9.98. The topological polar surface area (TPSA) is 57.7 Å². The van der Waals surface area contributed by atoms with Crippen molar-refractivity contribution in [1.82, 2.24) is 9.80 Å². The van der Waals surface area contributed by atoms with Crippen LogP contribution in [0.5, 0.6) is 0 Å². The first kappa shape index (κ1) is 16.7. The molecule has 2 fully saturated rings. The second-order valence-electron chi connectivity index (χ2n) is 6.84. The van der Waals surface area contributed by atoms with E-state index in [2.05, 4.69) is 0 Å². The summed E-state index contributed by atoms with van der Waals surface area (Å²) in [5.74, 6) is -0.878. The molecule has 0 unspecified atom stereocenters. The van der Waals surface area contributed by atoms with Crippen LogP contribution < -0.4 is 0 Å². The van der Waals surface area contributed by atoms with E-state index in [1.165, 1.54) is 0 Å². The number of rotatable bonds is 4. The lowest BCUT2D eigenvalue weighted by molar-refractivity contribution is -0.147. The molecule has 0 aromatic heterocycles. The van der Waals surface area contributed by atoms with Crippen molar-refractivity contribution in [2.75, 3.05) is 13.1 Å². The highest BCUT2D eigenvalue weighted by Crippen LogP contribution is 2.24. The van der Waals surface area contributed by atoms with Gasteiger partial charge < -0.3 is 4.90 Å². The Labute approximate surface area is 142 Å². The van der Waals surface area contributed by atoms with E-state index in [4.69, 9.17) is 0 Å². The lowest BCUT2D eigenvalue weighted by Crippen LogP contribution is -2.48. The fourth-order valence-electron chi connectivity index (χ4n) is 3.67. The molecule has 3 amide bonds. The van der Waals surface area contributed by atoms with E-state index >= 15 is 0 Å². The van der Waals surface area contributed by atoms with Crippen LogP contribution >= 0.6 is 0 Å². The summed E-state index contributed by atoms with van der Waals surface area (Å²) in [6.45, 7) is 2.65. The zero-order valence-electron chi connectivity index (χ0n) is 14.1. The van der Waals surface area contributed by atoms with Gasteiger partial charge in [-0.25, -0.2) is 0 Å². The maximum atomic E-state index is 12.6. The molecule has 0 aliphatic carbocycles. The van der Waals surface area contributed by atoms with Gasteiger partial charge in [-0.3, -0.25) is 19.3 Å². The van der Waals surface area contributed by atoms with Gasteiger partial charge in [-0.05, 0) is 38.2 Å². The van der Waals surface area contributed by atoms with E-state index < -0.39 is 0 Å². The first-order valence-corrected chi connectivity index (χ1v) is 8.74. The highest BCUT2D eigenvalue weighted by Gasteiger charge is 2.40. The van der Waals surface area contributed by atoms with Gasteiger partial charge in [-0.2, -0.15) is 0 Å². The minimum Gasteiger partial charge on any atom is -0.338 e. The molecule has 0 spiro atoms. The van der Waals surface area contributed by atoms with Crippen LogP contribution in [-0.4, -0.2) is 46.7 Å². The maximum Gasteiger partial charge on any atom is 0.242 e. The lowest BCUT2D eigenvalue weighted by Gasteiger charge is -2.34. The smallest absolute Gasteiger partial charge is 0.242 e. The number of carbonyl (C=O) groups is 3. The molecule has 2 heterocycles. The molecule has 3 rings (SSSR count). The number of hydrogen-bond acceptors (Lipinski definition) is 3. The Kier molecular flexibility index (Phi) is 4.97. The summed E-state index contributed by atoms with van der Waals surface area (Å²) in [4.78, 5) is 40.3. The van der Waals surface area contributed by atoms with E-state index in [1.807, 2.05) is 42.2 Å². The van der Waals surface area contributed by atoms with Crippen molar-refractivity contribution in [3.8, 4) is 0 Å². The molecule has 5 heteroatoms. The molecule has 1 aromatic carbocycles. The van der Waals surface area contributed by atoms with E-state index in [1.54, 1.807) is 0 Å². The zero-order chi connectivity index (χ0) is 17.1. The van der Waals surface area contributed by atoms with E-state index in [-0.39, 0.29) is 42.6 Å². The van der Waals surface area contributed by atoms with Gasteiger partial charge in [0.1, 0.15) is 6.54 Å². The molecule has 2 aliphatic heterocycles. The molecular weight excluding hydrogens is 304 g/mol. The first-order chi connectivity index (χ1) is 11.6. The molecular formula is C19H24N2O3. The number of amides is 3. The predicted octanol–water partition coefficient (Wildman–Crippen LogP) is 2.01. The van der Waals surface area contributed by atoms with Crippen molar-refractivity contribution < 1.29 is 14.4 Å². The number of piperidine rings is 1. The van der Waals surface area contributed by atoms with E-state index in [9.17, 15) is 14.4 Å². The van der Waals surface area contributed by atoms with Crippen molar-refractivity contribution in [3.05, 3.63) is 35.9 Å². The van der Waals surface area contributed by atoms with Crippen LogP contribution in [0.15, 0.2) is 30.3 Å². The highest BCUT2D eigenvalue weighted by molar-refractivity contribution is 6.06. The summed E-state index contributed by atoms with van der Waals surface area (Å²) in [5, 5.41) is 0. The minimum atomic E-state index is -0.341. The standard InChI is InChI=1S/C19H24N2O3/c1-14-7-5-6-10-20(14)18(23)13-21-17(22)12-16(19(21)24)11-15-8-3-2-4-9-15/h2-4,8-9,14,16H,5-7,10-13H2,1H3/t14-,16-/m1/s1. The number of likely N-dealkylation sites (tertiary alicyclic amines) is 2. The highest BCUT2D eigenvalue weighted by atomic mass is 16.2. The van der Waals surface area contributed by atoms with Crippen LogP contribution in [0, 0.1) is 5.92 Å². The van der Waals surface area contributed by atoms with Gasteiger partial charge in [0, 0.05) is 19.0 Å². The number of carbonyl (C=O) groups excluding carboxylic acids is 3. The average molecular weight is 328 g/mol. The van der Waals surface area contributed by atoms with Crippen LogP contribution in [-0.2, 0) is 20.8 Å². The zero-order valence-corrected chi connectivity index (χ0v) is 14.1. The quantitative estimate of drug-likeness (QED) is 0.795. The molecule has 2 aliphatic rings. The second kappa shape index (κ2) is 7.16. The summed E-state index contributed by atoms with van der Waals surface area (Å²) < 4.78 is 0. The predicted molar refractivity (Wildman–Crippen MR) is 90.0 cm³/mol. The Morgan fingerprint density at radius 3 is 2.62 bits per heavy atom. The summed E-state index contributed by atoms with van der Waals surface area (Å²) in [5.41, 5.74) is 1.04. The molecule has 0 radical (unpaired) electrons. The third-order valence-corrected chi connectivity index (χ3v) is 5.08. The van der Waals surface area contributed by atoms with Crippen molar-refractivity contribution >= 4 is 17.7 Å². The molecule has 128 valence electrons. The number of nitrogens with zero attached hydrogens (tertiary/aromatic N) is 2. The van der Waals surface area contributed by atoms with Gasteiger partial charge in [0.05, 0.1) is 5.92 Å². The summed E-state index contributed by atoms with van der Waals surface area (Å²) in [6.07, 6.45) is 3.87. The largest absolute Gasteiger partial charge is 0.338 e. The van der Waals surface area contributed by atoms with Crippen molar-refractivity contribution in [2.24, 2.45) is 5.92 Å². The van der Waals surface area contributed by atoms with Crippen LogP contribution in [0.1, 0.15) is 38.2 Å². The fraction of sp³-hybridized carbons (Fsp3) is 0.526. The van der Waals surface area contributed by atoms with Crippen molar-refractivity contribution in [1.29, 1.82) is 0 Å². The molecule has 2 saturated heterocycles. The van der Waals surface area contributed by atoms with Crippen molar-refractivity contribution in [2.45, 2.75) is 45.1 Å². The number of imide groups is 1. The first-order valence-electron chi connectivity index (χ1n) is 8.74. The van der Waals surface area contributed by atoms with Gasteiger partial charge in [-0.15, -0.1) is 0 Å². The SMILES string of the molecule is C[C@@H]1CCCCN1C(=O)CN1C(=O)C[C@@H](Cc2ccccc2)C1=O. The fourth-order valence-corrected chi connectivity index (χ4v) is 3.67.